The first-order valence-corrected chi connectivity index (χ1v) is 7.25. The maximum absolute atomic E-state index is 4.34. The lowest BCUT2D eigenvalue weighted by atomic mass is 10.1. The molecule has 0 amide bonds. The Balaban J connectivity index is 2.06. The summed E-state index contributed by atoms with van der Waals surface area (Å²) in [4.78, 5) is 6.76. The minimum absolute atomic E-state index is 0.749. The van der Waals surface area contributed by atoms with Crippen LogP contribution in [0.15, 0.2) is 36.7 Å². The van der Waals surface area contributed by atoms with Gasteiger partial charge >= 0.3 is 0 Å². The highest BCUT2D eigenvalue weighted by molar-refractivity contribution is 5.51. The van der Waals surface area contributed by atoms with E-state index in [-0.39, 0.29) is 0 Å². The average Bonchev–Trinajstić information content (AvgIpc) is 2.89. The van der Waals surface area contributed by atoms with Crippen molar-refractivity contribution in [3.05, 3.63) is 48.0 Å². The van der Waals surface area contributed by atoms with E-state index in [9.17, 15) is 0 Å². The van der Waals surface area contributed by atoms with Gasteiger partial charge in [-0.1, -0.05) is 32.0 Å². The molecule has 0 saturated heterocycles. The predicted octanol–water partition coefficient (Wildman–Crippen LogP) is 2.87. The second-order valence-corrected chi connectivity index (χ2v) is 4.93. The van der Waals surface area contributed by atoms with Crippen molar-refractivity contribution >= 4 is 5.69 Å². The zero-order chi connectivity index (χ0) is 14.4. The van der Waals surface area contributed by atoms with Crippen LogP contribution in [-0.4, -0.2) is 27.5 Å². The van der Waals surface area contributed by atoms with Gasteiger partial charge in [0.15, 0.2) is 0 Å². The van der Waals surface area contributed by atoms with E-state index < -0.39 is 0 Å². The van der Waals surface area contributed by atoms with E-state index in [2.05, 4.69) is 53.3 Å². The summed E-state index contributed by atoms with van der Waals surface area (Å²) < 4.78 is 2.04. The van der Waals surface area contributed by atoms with Crippen LogP contribution in [0.2, 0.25) is 0 Å². The van der Waals surface area contributed by atoms with Crippen LogP contribution in [0, 0.1) is 0 Å². The monoisotopic (exact) mass is 272 g/mol. The van der Waals surface area contributed by atoms with Gasteiger partial charge in [0.05, 0.1) is 6.54 Å². The summed E-state index contributed by atoms with van der Waals surface area (Å²) in [5.41, 5.74) is 2.54. The Hall–Kier alpha value is -1.81. The summed E-state index contributed by atoms with van der Waals surface area (Å²) in [7, 11) is 2.02. The maximum atomic E-state index is 4.34. The number of rotatable bonds is 7. The lowest BCUT2D eigenvalue weighted by Gasteiger charge is -2.20. The summed E-state index contributed by atoms with van der Waals surface area (Å²) in [5.74, 6) is 1.04. The van der Waals surface area contributed by atoms with Crippen LogP contribution in [0.5, 0.6) is 0 Å². The van der Waals surface area contributed by atoms with Crippen molar-refractivity contribution in [3.8, 4) is 0 Å². The molecule has 0 spiro atoms. The molecular weight excluding hydrogens is 248 g/mol. The fourth-order valence-corrected chi connectivity index (χ4v) is 2.26. The Morgan fingerprint density at radius 3 is 2.60 bits per heavy atom. The van der Waals surface area contributed by atoms with Crippen molar-refractivity contribution in [1.29, 1.82) is 0 Å². The molecule has 0 aliphatic carbocycles. The number of hydrogen-bond acceptors (Lipinski definition) is 3. The number of anilines is 1. The maximum Gasteiger partial charge on any atom is 0.127 e. The van der Waals surface area contributed by atoms with Crippen LogP contribution in [0.4, 0.5) is 5.69 Å². The van der Waals surface area contributed by atoms with Crippen LogP contribution in [0.1, 0.15) is 25.2 Å². The van der Waals surface area contributed by atoms with Gasteiger partial charge in [-0.3, -0.25) is 4.90 Å². The van der Waals surface area contributed by atoms with Gasteiger partial charge in [-0.25, -0.2) is 4.98 Å². The quantitative estimate of drug-likeness (QED) is 0.841. The van der Waals surface area contributed by atoms with Gasteiger partial charge in [0, 0.05) is 31.7 Å². The van der Waals surface area contributed by atoms with Crippen molar-refractivity contribution in [1.82, 2.24) is 14.5 Å². The van der Waals surface area contributed by atoms with E-state index in [1.165, 1.54) is 11.3 Å². The summed E-state index contributed by atoms with van der Waals surface area (Å²) in [6.45, 7) is 8.28. The van der Waals surface area contributed by atoms with E-state index >= 15 is 0 Å². The van der Waals surface area contributed by atoms with E-state index in [0.717, 1.165) is 32.0 Å². The largest absolute Gasteiger partial charge is 0.378 e. The Labute approximate surface area is 121 Å². The van der Waals surface area contributed by atoms with Crippen LogP contribution < -0.4 is 5.32 Å². The van der Waals surface area contributed by atoms with Gasteiger partial charge in [0.2, 0.25) is 0 Å². The molecule has 0 bridgehead atoms. The molecule has 1 aromatic heterocycles. The Morgan fingerprint density at radius 1 is 1.20 bits per heavy atom. The molecule has 0 saturated carbocycles. The first-order chi connectivity index (χ1) is 9.74. The van der Waals surface area contributed by atoms with Crippen molar-refractivity contribution in [2.24, 2.45) is 7.05 Å². The highest BCUT2D eigenvalue weighted by Crippen LogP contribution is 2.17. The zero-order valence-corrected chi connectivity index (χ0v) is 12.6. The molecule has 4 heteroatoms. The van der Waals surface area contributed by atoms with Gasteiger partial charge < -0.3 is 9.88 Å². The molecule has 0 fully saturated rings. The van der Waals surface area contributed by atoms with E-state index in [4.69, 9.17) is 0 Å². The lowest BCUT2D eigenvalue weighted by Crippen LogP contribution is -2.22. The molecule has 0 unspecified atom stereocenters. The molecule has 1 N–H and O–H groups in total. The van der Waals surface area contributed by atoms with Crippen molar-refractivity contribution < 1.29 is 0 Å². The minimum atomic E-state index is 0.749. The van der Waals surface area contributed by atoms with Gasteiger partial charge in [0.25, 0.3) is 0 Å². The smallest absolute Gasteiger partial charge is 0.127 e. The van der Waals surface area contributed by atoms with Crippen molar-refractivity contribution in [2.75, 3.05) is 18.4 Å². The van der Waals surface area contributed by atoms with Crippen LogP contribution in [0.25, 0.3) is 0 Å². The first-order valence-electron chi connectivity index (χ1n) is 7.25. The van der Waals surface area contributed by atoms with Crippen LogP contribution in [0.3, 0.4) is 0 Å². The molecule has 4 nitrogen and oxygen atoms in total. The van der Waals surface area contributed by atoms with Gasteiger partial charge in [-0.15, -0.1) is 0 Å². The van der Waals surface area contributed by atoms with Gasteiger partial charge in [0.1, 0.15) is 5.82 Å². The number of imidazole rings is 1. The number of aryl methyl sites for hydroxylation is 1. The van der Waals surface area contributed by atoms with Crippen LogP contribution in [-0.2, 0) is 20.1 Å². The number of para-hydroxylation sites is 1. The molecule has 2 rings (SSSR count). The molecule has 0 aliphatic heterocycles. The molecule has 20 heavy (non-hydrogen) atoms. The molecule has 1 aromatic carbocycles. The molecule has 1 heterocycles. The molecule has 0 aliphatic rings. The molecule has 2 aromatic rings. The third-order valence-electron chi connectivity index (χ3n) is 3.66. The topological polar surface area (TPSA) is 33.1 Å². The second kappa shape index (κ2) is 7.10. The van der Waals surface area contributed by atoms with E-state index in [0.29, 0.717) is 0 Å². The number of nitrogens with one attached hydrogen (secondary N) is 1. The fourth-order valence-electron chi connectivity index (χ4n) is 2.26. The summed E-state index contributed by atoms with van der Waals surface area (Å²) in [6.07, 6.45) is 3.80. The van der Waals surface area contributed by atoms with Crippen molar-refractivity contribution in [2.45, 2.75) is 26.9 Å². The number of benzene rings is 1. The van der Waals surface area contributed by atoms with Crippen LogP contribution >= 0.6 is 0 Å². The highest BCUT2D eigenvalue weighted by Gasteiger charge is 2.06. The van der Waals surface area contributed by atoms with E-state index in [1.54, 1.807) is 0 Å². The molecule has 0 atom stereocenters. The first kappa shape index (κ1) is 14.6. The Bertz CT molecular complexity index is 529. The minimum Gasteiger partial charge on any atom is -0.378 e. The highest BCUT2D eigenvalue weighted by atomic mass is 15.1. The number of aromatic nitrogens is 2. The second-order valence-electron chi connectivity index (χ2n) is 4.93. The Morgan fingerprint density at radius 2 is 1.95 bits per heavy atom. The van der Waals surface area contributed by atoms with Gasteiger partial charge in [-0.05, 0) is 24.7 Å². The SMILES string of the molecule is CCN(CC)Cc1ccccc1NCc1nccn1C. The Kier molecular flexibility index (Phi) is 5.18. The molecule has 108 valence electrons. The summed E-state index contributed by atoms with van der Waals surface area (Å²) in [6, 6.07) is 8.51. The molecule has 0 radical (unpaired) electrons. The summed E-state index contributed by atoms with van der Waals surface area (Å²) in [5, 5.41) is 3.50. The standard InChI is InChI=1S/C16H24N4/c1-4-20(5-2)13-14-8-6-7-9-15(14)18-12-16-17-10-11-19(16)3/h6-11,18H,4-5,12-13H2,1-3H3. The number of hydrogen-bond donors (Lipinski definition) is 1. The number of nitrogens with zero attached hydrogens (tertiary/aromatic N) is 3. The fraction of sp³-hybridized carbons (Fsp3) is 0.438. The van der Waals surface area contributed by atoms with E-state index in [1.807, 2.05) is 24.0 Å². The third kappa shape index (κ3) is 3.61. The summed E-state index contributed by atoms with van der Waals surface area (Å²) >= 11 is 0. The average molecular weight is 272 g/mol. The predicted molar refractivity (Wildman–Crippen MR) is 83.6 cm³/mol. The third-order valence-corrected chi connectivity index (χ3v) is 3.66. The molecular formula is C16H24N4. The lowest BCUT2D eigenvalue weighted by molar-refractivity contribution is 0.296. The normalized spacial score (nSPS) is 11.0. The zero-order valence-electron chi connectivity index (χ0n) is 12.6. The van der Waals surface area contributed by atoms with Crippen molar-refractivity contribution in [3.63, 3.8) is 0 Å². The van der Waals surface area contributed by atoms with Gasteiger partial charge in [-0.2, -0.15) is 0 Å².